The Kier molecular flexibility index (Phi) is 11.6. The van der Waals surface area contributed by atoms with Gasteiger partial charge in [-0.2, -0.15) is 0 Å². The average Bonchev–Trinajstić information content (AvgIpc) is 1.90. The predicted octanol–water partition coefficient (Wildman–Crippen LogP) is 0.537. The molecule has 0 saturated carbocycles. The minimum atomic E-state index is 0.000000000000000222. The van der Waals surface area contributed by atoms with Crippen molar-refractivity contribution in [3.8, 4) is 0 Å². The van der Waals surface area contributed by atoms with Crippen molar-refractivity contribution in [3.63, 3.8) is 0 Å². The van der Waals surface area contributed by atoms with Gasteiger partial charge in [-0.3, -0.25) is 0 Å². The number of nitrogens with two attached hydrogens (primary N) is 2. The lowest BCUT2D eigenvalue weighted by molar-refractivity contribution is 0.321. The zero-order valence-corrected chi connectivity index (χ0v) is 8.45. The van der Waals surface area contributed by atoms with E-state index < -0.39 is 0 Å². The van der Waals surface area contributed by atoms with Gasteiger partial charge in [-0.25, -0.2) is 0 Å². The van der Waals surface area contributed by atoms with Crippen LogP contribution in [0.4, 0.5) is 0 Å². The minimum Gasteiger partial charge on any atom is -0.377 e. The van der Waals surface area contributed by atoms with Crippen LogP contribution >= 0.6 is 12.2 Å². The molecule has 0 radical (unpaired) electrons. The van der Waals surface area contributed by atoms with E-state index in [1.165, 1.54) is 19.6 Å². The topological polar surface area (TPSA) is 55.3 Å². The minimum absolute atomic E-state index is 0.000000000000000222. The Labute approximate surface area is 74.7 Å². The Hall–Kier alpha value is -0.350. The second-order valence-corrected chi connectivity index (χ2v) is 2.49. The number of thiocarbonyl (C=S) groups is 1. The summed E-state index contributed by atoms with van der Waals surface area (Å²) in [7, 11) is 0. The summed E-state index contributed by atoms with van der Waals surface area (Å²) in [5.74, 6) is 0. The molecule has 0 aliphatic heterocycles. The number of rotatable bonds is 3. The van der Waals surface area contributed by atoms with Crippen molar-refractivity contribution in [2.75, 3.05) is 19.6 Å². The van der Waals surface area contributed by atoms with Crippen molar-refractivity contribution in [1.82, 2.24) is 4.90 Å². The Morgan fingerprint density at radius 2 is 1.27 bits per heavy atom. The summed E-state index contributed by atoms with van der Waals surface area (Å²) in [6.45, 7) is 10.1. The maximum absolute atomic E-state index is 4.62. The van der Waals surface area contributed by atoms with Crippen molar-refractivity contribution in [2.24, 2.45) is 11.5 Å². The zero-order chi connectivity index (χ0) is 9.28. The van der Waals surface area contributed by atoms with Gasteiger partial charge in [-0.15, -0.1) is 0 Å². The third kappa shape index (κ3) is 17.7. The fourth-order valence-corrected chi connectivity index (χ4v) is 0.671. The highest BCUT2D eigenvalue weighted by Crippen LogP contribution is 1.81. The highest BCUT2D eigenvalue weighted by Gasteiger charge is 1.89. The SMILES string of the molecule is CCN(CC)CC.NC(N)=S. The summed E-state index contributed by atoms with van der Waals surface area (Å²) < 4.78 is 0. The molecule has 0 heterocycles. The summed E-state index contributed by atoms with van der Waals surface area (Å²) in [5, 5.41) is 0.000000000000000222. The van der Waals surface area contributed by atoms with Crippen LogP contribution in [0.1, 0.15) is 20.8 Å². The average molecular weight is 177 g/mol. The van der Waals surface area contributed by atoms with Crippen LogP contribution in [0.25, 0.3) is 0 Å². The van der Waals surface area contributed by atoms with Gasteiger partial charge in [0.2, 0.25) is 0 Å². The van der Waals surface area contributed by atoms with Crippen molar-refractivity contribution in [2.45, 2.75) is 20.8 Å². The van der Waals surface area contributed by atoms with E-state index in [0.29, 0.717) is 0 Å². The largest absolute Gasteiger partial charge is 0.377 e. The predicted molar refractivity (Wildman–Crippen MR) is 54.4 cm³/mol. The molecule has 68 valence electrons. The Bertz CT molecular complexity index is 82.2. The van der Waals surface area contributed by atoms with Gasteiger partial charge in [0.25, 0.3) is 0 Å². The monoisotopic (exact) mass is 177 g/mol. The number of hydrogen-bond acceptors (Lipinski definition) is 2. The van der Waals surface area contributed by atoms with Gasteiger partial charge in [0.15, 0.2) is 5.11 Å². The summed E-state index contributed by atoms with van der Waals surface area (Å²) in [6.07, 6.45) is 0. The van der Waals surface area contributed by atoms with Crippen LogP contribution in [0.5, 0.6) is 0 Å². The van der Waals surface area contributed by atoms with Crippen LogP contribution in [0, 0.1) is 0 Å². The molecule has 0 atom stereocenters. The molecule has 0 aliphatic carbocycles. The third-order valence-corrected chi connectivity index (χ3v) is 1.34. The zero-order valence-electron chi connectivity index (χ0n) is 7.63. The van der Waals surface area contributed by atoms with Gasteiger partial charge in [-0.05, 0) is 31.9 Å². The second kappa shape index (κ2) is 9.65. The first kappa shape index (κ1) is 13.3. The first-order valence-electron chi connectivity index (χ1n) is 3.85. The molecule has 0 bridgehead atoms. The van der Waals surface area contributed by atoms with Gasteiger partial charge in [-0.1, -0.05) is 20.8 Å². The van der Waals surface area contributed by atoms with Gasteiger partial charge in [0, 0.05) is 0 Å². The van der Waals surface area contributed by atoms with E-state index >= 15 is 0 Å². The Balaban J connectivity index is 0. The molecule has 0 amide bonds. The highest BCUT2D eigenvalue weighted by atomic mass is 32.1. The molecule has 4 N–H and O–H groups in total. The summed E-state index contributed by atoms with van der Waals surface area (Å²) in [5.41, 5.74) is 9.24. The van der Waals surface area contributed by atoms with E-state index in [1.54, 1.807) is 0 Å². The van der Waals surface area contributed by atoms with Gasteiger partial charge in [0.1, 0.15) is 0 Å². The Morgan fingerprint density at radius 1 is 1.09 bits per heavy atom. The first-order chi connectivity index (χ1) is 5.08. The van der Waals surface area contributed by atoms with E-state index in [0.717, 1.165) is 0 Å². The molecule has 4 heteroatoms. The molecule has 0 aromatic carbocycles. The smallest absolute Gasteiger partial charge is 0.160 e. The molecule has 0 unspecified atom stereocenters. The second-order valence-electron chi connectivity index (χ2n) is 2.02. The van der Waals surface area contributed by atoms with Crippen LogP contribution in [-0.2, 0) is 0 Å². The standard InChI is InChI=1S/C6H15N.CH4N2S/c1-4-7(5-2)6-3;2-1(3)4/h4-6H2,1-3H3;(H4,2,3,4). The molecule has 0 rings (SSSR count). The van der Waals surface area contributed by atoms with Crippen molar-refractivity contribution < 1.29 is 0 Å². The van der Waals surface area contributed by atoms with Crippen LogP contribution < -0.4 is 11.5 Å². The molecule has 0 spiro atoms. The van der Waals surface area contributed by atoms with E-state index in [2.05, 4.69) is 49.4 Å². The van der Waals surface area contributed by atoms with Crippen LogP contribution in [0.15, 0.2) is 0 Å². The highest BCUT2D eigenvalue weighted by molar-refractivity contribution is 7.80. The quantitative estimate of drug-likeness (QED) is 0.618. The fraction of sp³-hybridized carbons (Fsp3) is 0.857. The van der Waals surface area contributed by atoms with Crippen molar-refractivity contribution in [1.29, 1.82) is 0 Å². The van der Waals surface area contributed by atoms with Crippen molar-refractivity contribution in [3.05, 3.63) is 0 Å². The molecule has 11 heavy (non-hydrogen) atoms. The van der Waals surface area contributed by atoms with Crippen LogP contribution in [0.3, 0.4) is 0 Å². The van der Waals surface area contributed by atoms with E-state index in [9.17, 15) is 0 Å². The van der Waals surface area contributed by atoms with E-state index in [-0.39, 0.29) is 5.11 Å². The molecule has 0 saturated heterocycles. The lowest BCUT2D eigenvalue weighted by atomic mass is 10.5. The fourth-order valence-electron chi connectivity index (χ4n) is 0.671. The van der Waals surface area contributed by atoms with E-state index in [1.807, 2.05) is 0 Å². The molecular weight excluding hydrogens is 158 g/mol. The maximum atomic E-state index is 4.62. The first-order valence-corrected chi connectivity index (χ1v) is 4.26. The van der Waals surface area contributed by atoms with Gasteiger partial charge in [0.05, 0.1) is 0 Å². The van der Waals surface area contributed by atoms with Gasteiger partial charge < -0.3 is 16.4 Å². The molecule has 0 aromatic heterocycles. The van der Waals surface area contributed by atoms with Gasteiger partial charge >= 0.3 is 0 Å². The number of hydrogen-bond donors (Lipinski definition) is 2. The number of nitrogens with zero attached hydrogens (tertiary/aromatic N) is 1. The summed E-state index contributed by atoms with van der Waals surface area (Å²) in [6, 6.07) is 0. The summed E-state index contributed by atoms with van der Waals surface area (Å²) in [4.78, 5) is 2.38. The lowest BCUT2D eigenvalue weighted by Crippen LogP contribution is -2.21. The molecule has 3 nitrogen and oxygen atoms in total. The summed E-state index contributed by atoms with van der Waals surface area (Å²) >= 11 is 4.09. The maximum Gasteiger partial charge on any atom is 0.160 e. The molecular formula is C7H19N3S. The third-order valence-electron chi connectivity index (χ3n) is 1.34. The van der Waals surface area contributed by atoms with Crippen LogP contribution in [-0.4, -0.2) is 29.6 Å². The van der Waals surface area contributed by atoms with Crippen molar-refractivity contribution >= 4 is 17.3 Å². The van der Waals surface area contributed by atoms with E-state index in [4.69, 9.17) is 0 Å². The lowest BCUT2D eigenvalue weighted by Gasteiger charge is -2.13. The normalized spacial score (nSPS) is 8.73. The molecule has 0 aliphatic rings. The Morgan fingerprint density at radius 3 is 1.27 bits per heavy atom. The molecule has 0 aromatic rings. The molecule has 0 fully saturated rings. The van der Waals surface area contributed by atoms with Crippen LogP contribution in [0.2, 0.25) is 0 Å².